The molecule has 20 heavy (non-hydrogen) atoms. The largest absolute Gasteiger partial charge is 0.378 e. The number of nitrogens with one attached hydrogen (secondary N) is 1. The number of carbonyl (C=O) groups is 1. The third-order valence-corrected chi connectivity index (χ3v) is 5.07. The maximum absolute atomic E-state index is 11.8. The molecule has 0 heterocycles. The van der Waals surface area contributed by atoms with E-state index in [4.69, 9.17) is 0 Å². The summed E-state index contributed by atoms with van der Waals surface area (Å²) in [4.78, 5) is 13.9. The smallest absolute Gasteiger partial charge is 0.230 e. The van der Waals surface area contributed by atoms with Gasteiger partial charge in [-0.05, 0) is 30.5 Å². The van der Waals surface area contributed by atoms with Crippen molar-refractivity contribution in [1.82, 2.24) is 5.32 Å². The molecule has 1 aliphatic carbocycles. The molecule has 1 saturated carbocycles. The van der Waals surface area contributed by atoms with Crippen molar-refractivity contribution in [1.29, 1.82) is 0 Å². The van der Waals surface area contributed by atoms with E-state index in [2.05, 4.69) is 34.5 Å². The van der Waals surface area contributed by atoms with E-state index >= 15 is 0 Å². The quantitative estimate of drug-likeness (QED) is 0.874. The van der Waals surface area contributed by atoms with Gasteiger partial charge in [0, 0.05) is 31.6 Å². The zero-order valence-electron chi connectivity index (χ0n) is 12.4. The van der Waals surface area contributed by atoms with Crippen LogP contribution in [0.4, 0.5) is 5.69 Å². The lowest BCUT2D eigenvalue weighted by atomic mass is 10.2. The van der Waals surface area contributed by atoms with Gasteiger partial charge >= 0.3 is 0 Å². The van der Waals surface area contributed by atoms with Gasteiger partial charge in [0.15, 0.2) is 0 Å². The van der Waals surface area contributed by atoms with E-state index in [-0.39, 0.29) is 5.91 Å². The highest BCUT2D eigenvalue weighted by Gasteiger charge is 2.16. The topological polar surface area (TPSA) is 32.3 Å². The minimum absolute atomic E-state index is 0.151. The molecule has 0 spiro atoms. The van der Waals surface area contributed by atoms with Gasteiger partial charge in [0.1, 0.15) is 0 Å². The zero-order valence-corrected chi connectivity index (χ0v) is 13.2. The van der Waals surface area contributed by atoms with Crippen LogP contribution in [0.1, 0.15) is 31.2 Å². The molecule has 1 fully saturated rings. The molecule has 4 heteroatoms. The average molecular weight is 292 g/mol. The summed E-state index contributed by atoms with van der Waals surface area (Å²) in [5.41, 5.74) is 2.33. The Morgan fingerprint density at radius 1 is 1.25 bits per heavy atom. The first-order valence-corrected chi connectivity index (χ1v) is 8.34. The van der Waals surface area contributed by atoms with Crippen LogP contribution in [0.2, 0.25) is 0 Å². The van der Waals surface area contributed by atoms with E-state index in [0.29, 0.717) is 17.5 Å². The predicted octanol–water partition coefficient (Wildman–Crippen LogP) is 3.04. The number of nitrogens with zero attached hydrogens (tertiary/aromatic N) is 1. The van der Waals surface area contributed by atoms with Gasteiger partial charge in [-0.25, -0.2) is 0 Å². The maximum atomic E-state index is 11.8. The lowest BCUT2D eigenvalue weighted by molar-refractivity contribution is -0.118. The van der Waals surface area contributed by atoms with Crippen molar-refractivity contribution in [3.63, 3.8) is 0 Å². The van der Waals surface area contributed by atoms with Gasteiger partial charge < -0.3 is 10.2 Å². The van der Waals surface area contributed by atoms with Crippen molar-refractivity contribution < 1.29 is 4.79 Å². The van der Waals surface area contributed by atoms with Gasteiger partial charge in [-0.1, -0.05) is 25.0 Å². The van der Waals surface area contributed by atoms with E-state index in [9.17, 15) is 4.79 Å². The number of thioether (sulfide) groups is 1. The Kier molecular flexibility index (Phi) is 5.77. The van der Waals surface area contributed by atoms with Crippen LogP contribution in [0.15, 0.2) is 24.3 Å². The highest BCUT2D eigenvalue weighted by atomic mass is 32.2. The third-order valence-electron chi connectivity index (χ3n) is 3.69. The molecular formula is C16H24N2OS. The Balaban J connectivity index is 1.69. The fraction of sp³-hybridized carbons (Fsp3) is 0.562. The molecule has 2 rings (SSSR count). The van der Waals surface area contributed by atoms with Gasteiger partial charge in [-0.2, -0.15) is 0 Å². The molecular weight excluding hydrogens is 268 g/mol. The summed E-state index contributed by atoms with van der Waals surface area (Å²) < 4.78 is 0. The first kappa shape index (κ1) is 15.2. The van der Waals surface area contributed by atoms with Crippen LogP contribution in [0.3, 0.4) is 0 Å². The summed E-state index contributed by atoms with van der Waals surface area (Å²) in [6.45, 7) is 0.623. The summed E-state index contributed by atoms with van der Waals surface area (Å²) >= 11 is 1.81. The van der Waals surface area contributed by atoms with Crippen LogP contribution >= 0.6 is 11.8 Å². The summed E-state index contributed by atoms with van der Waals surface area (Å²) in [5.74, 6) is 0.749. The van der Waals surface area contributed by atoms with E-state index in [0.717, 1.165) is 5.56 Å². The molecule has 1 aromatic rings. The van der Waals surface area contributed by atoms with Crippen LogP contribution in [0.5, 0.6) is 0 Å². The highest BCUT2D eigenvalue weighted by Crippen LogP contribution is 2.29. The Morgan fingerprint density at radius 2 is 1.90 bits per heavy atom. The molecule has 0 bridgehead atoms. The summed E-state index contributed by atoms with van der Waals surface area (Å²) in [5, 5.41) is 3.71. The molecule has 1 amide bonds. The van der Waals surface area contributed by atoms with Gasteiger partial charge in [-0.15, -0.1) is 11.8 Å². The fourth-order valence-electron chi connectivity index (χ4n) is 2.41. The minimum Gasteiger partial charge on any atom is -0.378 e. The molecule has 0 atom stereocenters. The summed E-state index contributed by atoms with van der Waals surface area (Å²) in [6.07, 6.45) is 5.23. The lowest BCUT2D eigenvalue weighted by Gasteiger charge is -2.13. The van der Waals surface area contributed by atoms with Crippen molar-refractivity contribution >= 4 is 23.4 Å². The maximum Gasteiger partial charge on any atom is 0.230 e. The zero-order chi connectivity index (χ0) is 14.4. The van der Waals surface area contributed by atoms with E-state index in [1.807, 2.05) is 25.9 Å². The molecule has 0 aliphatic heterocycles. The van der Waals surface area contributed by atoms with Crippen LogP contribution in [0, 0.1) is 0 Å². The number of benzene rings is 1. The van der Waals surface area contributed by atoms with Crippen molar-refractivity contribution in [2.75, 3.05) is 24.7 Å². The Bertz CT molecular complexity index is 425. The average Bonchev–Trinajstić information content (AvgIpc) is 2.96. The van der Waals surface area contributed by atoms with Crippen molar-refractivity contribution in [3.8, 4) is 0 Å². The molecule has 1 N–H and O–H groups in total. The molecule has 1 aromatic carbocycles. The number of anilines is 1. The molecule has 0 saturated heterocycles. The standard InChI is InChI=1S/C16H24N2OS/c1-18(2)14-9-7-13(8-10-14)11-17-16(19)12-20-15-5-3-4-6-15/h7-10,15H,3-6,11-12H2,1-2H3,(H,17,19). The van der Waals surface area contributed by atoms with E-state index in [1.54, 1.807) is 0 Å². The van der Waals surface area contributed by atoms with E-state index < -0.39 is 0 Å². The SMILES string of the molecule is CN(C)c1ccc(CNC(=O)CSC2CCCC2)cc1. The number of rotatable bonds is 6. The molecule has 0 unspecified atom stereocenters. The second kappa shape index (κ2) is 7.58. The molecule has 0 radical (unpaired) electrons. The van der Waals surface area contributed by atoms with Crippen LogP contribution in [0.25, 0.3) is 0 Å². The van der Waals surface area contributed by atoms with Crippen LogP contribution in [-0.2, 0) is 11.3 Å². The number of carbonyl (C=O) groups excluding carboxylic acids is 1. The predicted molar refractivity (Wildman–Crippen MR) is 87.3 cm³/mol. The molecule has 3 nitrogen and oxygen atoms in total. The summed E-state index contributed by atoms with van der Waals surface area (Å²) in [6, 6.07) is 8.29. The van der Waals surface area contributed by atoms with Gasteiger partial charge in [0.2, 0.25) is 5.91 Å². The first-order valence-electron chi connectivity index (χ1n) is 7.30. The molecule has 110 valence electrons. The first-order chi connectivity index (χ1) is 9.65. The third kappa shape index (κ3) is 4.75. The van der Waals surface area contributed by atoms with Gasteiger partial charge in [0.25, 0.3) is 0 Å². The Morgan fingerprint density at radius 3 is 2.50 bits per heavy atom. The van der Waals surface area contributed by atoms with Gasteiger partial charge in [0.05, 0.1) is 5.75 Å². The van der Waals surface area contributed by atoms with Crippen molar-refractivity contribution in [2.45, 2.75) is 37.5 Å². The van der Waals surface area contributed by atoms with Crippen LogP contribution < -0.4 is 10.2 Å². The minimum atomic E-state index is 0.151. The number of amides is 1. The van der Waals surface area contributed by atoms with Crippen LogP contribution in [-0.4, -0.2) is 31.0 Å². The second-order valence-electron chi connectivity index (χ2n) is 5.56. The monoisotopic (exact) mass is 292 g/mol. The summed E-state index contributed by atoms with van der Waals surface area (Å²) in [7, 11) is 4.05. The fourth-order valence-corrected chi connectivity index (χ4v) is 3.57. The lowest BCUT2D eigenvalue weighted by Crippen LogP contribution is -2.25. The second-order valence-corrected chi connectivity index (χ2v) is 6.84. The Hall–Kier alpha value is -1.16. The van der Waals surface area contributed by atoms with E-state index in [1.165, 1.54) is 31.4 Å². The normalized spacial score (nSPS) is 15.3. The van der Waals surface area contributed by atoms with Crippen molar-refractivity contribution in [3.05, 3.63) is 29.8 Å². The highest BCUT2D eigenvalue weighted by molar-refractivity contribution is 8.00. The molecule has 0 aromatic heterocycles. The molecule has 1 aliphatic rings. The van der Waals surface area contributed by atoms with Crippen molar-refractivity contribution in [2.24, 2.45) is 0 Å². The Labute approximate surface area is 126 Å². The number of hydrogen-bond donors (Lipinski definition) is 1. The number of hydrogen-bond acceptors (Lipinski definition) is 3. The van der Waals surface area contributed by atoms with Gasteiger partial charge in [-0.3, -0.25) is 4.79 Å².